The molecule has 0 spiro atoms. The lowest BCUT2D eigenvalue weighted by atomic mass is 10.1. The van der Waals surface area contributed by atoms with E-state index in [-0.39, 0.29) is 13.1 Å². The van der Waals surface area contributed by atoms with Crippen LogP contribution in [-0.2, 0) is 16.1 Å². The zero-order valence-corrected chi connectivity index (χ0v) is 15.5. The minimum Gasteiger partial charge on any atom is -0.497 e. The molecule has 2 amide bonds. The van der Waals surface area contributed by atoms with Gasteiger partial charge in [-0.2, -0.15) is 13.2 Å². The van der Waals surface area contributed by atoms with E-state index in [0.29, 0.717) is 17.1 Å². The summed E-state index contributed by atoms with van der Waals surface area (Å²) in [6.45, 7) is 2.40. The van der Waals surface area contributed by atoms with E-state index in [2.05, 4.69) is 0 Å². The SMILES string of the molecule is COc1ccc(CN(CC(C)O)C(=O)[C@H](C)NC(=O)C(F)(F)F)c(OC)c1. The first kappa shape index (κ1) is 22.6. The van der Waals surface area contributed by atoms with Crippen LogP contribution in [-0.4, -0.2) is 60.9 Å². The normalized spacial score (nSPS) is 13.5. The van der Waals surface area contributed by atoms with Crippen molar-refractivity contribution in [2.24, 2.45) is 0 Å². The quantitative estimate of drug-likeness (QED) is 0.700. The van der Waals surface area contributed by atoms with Gasteiger partial charge in [-0.05, 0) is 26.0 Å². The minimum absolute atomic E-state index is 0.0386. The summed E-state index contributed by atoms with van der Waals surface area (Å²) < 4.78 is 47.5. The van der Waals surface area contributed by atoms with Crippen LogP contribution in [0.3, 0.4) is 0 Å². The van der Waals surface area contributed by atoms with E-state index in [9.17, 15) is 27.9 Å². The molecular weight excluding hydrogens is 369 g/mol. The Bertz CT molecular complexity index is 664. The average molecular weight is 392 g/mol. The Kier molecular flexibility index (Phi) is 7.89. The lowest BCUT2D eigenvalue weighted by Crippen LogP contribution is -2.51. The summed E-state index contributed by atoms with van der Waals surface area (Å²) in [5.41, 5.74) is 0.557. The molecule has 1 rings (SSSR count). The molecule has 0 heterocycles. The van der Waals surface area contributed by atoms with E-state index in [1.807, 2.05) is 0 Å². The molecule has 27 heavy (non-hydrogen) atoms. The number of carbonyl (C=O) groups excluding carboxylic acids is 2. The van der Waals surface area contributed by atoms with Crippen LogP contribution in [0.15, 0.2) is 18.2 Å². The first-order valence-corrected chi connectivity index (χ1v) is 8.05. The molecule has 7 nitrogen and oxygen atoms in total. The van der Waals surface area contributed by atoms with Crippen molar-refractivity contribution < 1.29 is 37.3 Å². The Morgan fingerprint density at radius 2 is 1.85 bits per heavy atom. The molecular formula is C17H23F3N2O5. The van der Waals surface area contributed by atoms with Crippen molar-refractivity contribution in [3.05, 3.63) is 23.8 Å². The van der Waals surface area contributed by atoms with Crippen molar-refractivity contribution >= 4 is 11.8 Å². The van der Waals surface area contributed by atoms with Gasteiger partial charge < -0.3 is 24.8 Å². The highest BCUT2D eigenvalue weighted by Crippen LogP contribution is 2.26. The number of hydrogen-bond donors (Lipinski definition) is 2. The molecule has 1 aromatic carbocycles. The molecule has 1 unspecified atom stereocenters. The molecule has 0 aliphatic rings. The number of amides is 2. The number of carbonyl (C=O) groups is 2. The van der Waals surface area contributed by atoms with Gasteiger partial charge in [0.25, 0.3) is 0 Å². The van der Waals surface area contributed by atoms with Gasteiger partial charge in [0.05, 0.1) is 20.3 Å². The number of nitrogens with zero attached hydrogens (tertiary/aromatic N) is 1. The molecule has 2 N–H and O–H groups in total. The van der Waals surface area contributed by atoms with E-state index < -0.39 is 30.1 Å². The van der Waals surface area contributed by atoms with E-state index in [1.165, 1.54) is 21.1 Å². The lowest BCUT2D eigenvalue weighted by Gasteiger charge is -2.28. The smallest absolute Gasteiger partial charge is 0.471 e. The summed E-state index contributed by atoms with van der Waals surface area (Å²) in [5, 5.41) is 11.3. The third-order valence-corrected chi connectivity index (χ3v) is 3.63. The highest BCUT2D eigenvalue weighted by molar-refractivity contribution is 5.89. The standard InChI is InChI=1S/C17H23F3N2O5/c1-10(23)8-22(15(24)11(2)21-16(25)17(18,19)20)9-12-5-6-13(26-3)7-14(12)27-4/h5-7,10-11,23H,8-9H2,1-4H3,(H,21,25)/t10?,11-/m0/s1. The third kappa shape index (κ3) is 6.63. The number of ether oxygens (including phenoxy) is 2. The van der Waals surface area contributed by atoms with Crippen LogP contribution in [0.1, 0.15) is 19.4 Å². The van der Waals surface area contributed by atoms with Crippen molar-refractivity contribution in [1.82, 2.24) is 10.2 Å². The molecule has 0 saturated carbocycles. The number of aliphatic hydroxyl groups excluding tert-OH is 1. The fraction of sp³-hybridized carbons (Fsp3) is 0.529. The van der Waals surface area contributed by atoms with Gasteiger partial charge in [0.2, 0.25) is 5.91 Å². The first-order valence-electron chi connectivity index (χ1n) is 8.05. The summed E-state index contributed by atoms with van der Waals surface area (Å²) in [4.78, 5) is 24.7. The fourth-order valence-corrected chi connectivity index (χ4v) is 2.35. The molecule has 0 fully saturated rings. The van der Waals surface area contributed by atoms with E-state index >= 15 is 0 Å². The van der Waals surface area contributed by atoms with Crippen molar-refractivity contribution in [2.75, 3.05) is 20.8 Å². The molecule has 0 saturated heterocycles. The van der Waals surface area contributed by atoms with Crippen molar-refractivity contribution in [3.8, 4) is 11.5 Å². The van der Waals surface area contributed by atoms with Gasteiger partial charge in [-0.3, -0.25) is 9.59 Å². The second-order valence-corrected chi connectivity index (χ2v) is 5.94. The first-order chi connectivity index (χ1) is 12.5. The minimum atomic E-state index is -5.09. The molecule has 0 aromatic heterocycles. The Morgan fingerprint density at radius 1 is 1.22 bits per heavy atom. The van der Waals surface area contributed by atoms with Crippen LogP contribution in [0.2, 0.25) is 0 Å². The fourth-order valence-electron chi connectivity index (χ4n) is 2.35. The maximum atomic E-state index is 12.5. The third-order valence-electron chi connectivity index (χ3n) is 3.63. The maximum absolute atomic E-state index is 12.5. The van der Waals surface area contributed by atoms with Crippen molar-refractivity contribution in [1.29, 1.82) is 0 Å². The Morgan fingerprint density at radius 3 is 2.33 bits per heavy atom. The number of halogens is 3. The van der Waals surface area contributed by atoms with Gasteiger partial charge in [0.1, 0.15) is 17.5 Å². The molecule has 10 heteroatoms. The number of hydrogen-bond acceptors (Lipinski definition) is 5. The predicted octanol–water partition coefficient (Wildman–Crippen LogP) is 1.48. The number of benzene rings is 1. The molecule has 0 radical (unpaired) electrons. The monoisotopic (exact) mass is 392 g/mol. The predicted molar refractivity (Wildman–Crippen MR) is 90.3 cm³/mol. The van der Waals surface area contributed by atoms with Gasteiger partial charge in [-0.1, -0.05) is 0 Å². The lowest BCUT2D eigenvalue weighted by molar-refractivity contribution is -0.175. The molecule has 1 aromatic rings. The Balaban J connectivity index is 3.02. The van der Waals surface area contributed by atoms with Crippen LogP contribution in [0.4, 0.5) is 13.2 Å². The number of aliphatic hydroxyl groups is 1. The molecule has 152 valence electrons. The highest BCUT2D eigenvalue weighted by Gasteiger charge is 2.40. The van der Waals surface area contributed by atoms with Gasteiger partial charge in [0.15, 0.2) is 0 Å². The van der Waals surface area contributed by atoms with Gasteiger partial charge in [-0.15, -0.1) is 0 Å². The van der Waals surface area contributed by atoms with Crippen molar-refractivity contribution in [2.45, 2.75) is 38.7 Å². The number of methoxy groups -OCH3 is 2. The van der Waals surface area contributed by atoms with Crippen LogP contribution in [0, 0.1) is 0 Å². The molecule has 0 aliphatic carbocycles. The largest absolute Gasteiger partial charge is 0.497 e. The van der Waals surface area contributed by atoms with E-state index in [1.54, 1.807) is 23.5 Å². The van der Waals surface area contributed by atoms with Crippen LogP contribution >= 0.6 is 0 Å². The van der Waals surface area contributed by atoms with Gasteiger partial charge >= 0.3 is 12.1 Å². The average Bonchev–Trinajstić information content (AvgIpc) is 2.59. The Hall–Kier alpha value is -2.49. The van der Waals surface area contributed by atoms with Crippen LogP contribution < -0.4 is 14.8 Å². The summed E-state index contributed by atoms with van der Waals surface area (Å²) in [7, 11) is 2.90. The topological polar surface area (TPSA) is 88.1 Å². The van der Waals surface area contributed by atoms with Crippen LogP contribution in [0.5, 0.6) is 11.5 Å². The number of nitrogens with one attached hydrogen (secondary N) is 1. The molecule has 0 aliphatic heterocycles. The molecule has 2 atom stereocenters. The highest BCUT2D eigenvalue weighted by atomic mass is 19.4. The van der Waals surface area contributed by atoms with Gasteiger partial charge in [0, 0.05) is 24.7 Å². The summed E-state index contributed by atoms with van der Waals surface area (Å²) >= 11 is 0. The Labute approximate surface area is 155 Å². The zero-order chi connectivity index (χ0) is 20.8. The molecule has 0 bridgehead atoms. The second kappa shape index (κ2) is 9.45. The maximum Gasteiger partial charge on any atom is 0.471 e. The summed E-state index contributed by atoms with van der Waals surface area (Å²) in [6.07, 6.45) is -6.02. The van der Waals surface area contributed by atoms with Crippen LogP contribution in [0.25, 0.3) is 0 Å². The van der Waals surface area contributed by atoms with Crippen molar-refractivity contribution in [3.63, 3.8) is 0 Å². The number of rotatable bonds is 8. The second-order valence-electron chi connectivity index (χ2n) is 5.94. The van der Waals surface area contributed by atoms with Gasteiger partial charge in [-0.25, -0.2) is 0 Å². The summed E-state index contributed by atoms with van der Waals surface area (Å²) in [5.74, 6) is -2.05. The summed E-state index contributed by atoms with van der Waals surface area (Å²) in [6, 6.07) is 3.44. The zero-order valence-electron chi connectivity index (χ0n) is 15.5. The number of alkyl halides is 3. The van der Waals surface area contributed by atoms with E-state index in [0.717, 1.165) is 11.8 Å². The van der Waals surface area contributed by atoms with E-state index in [4.69, 9.17) is 9.47 Å².